The number of benzene rings is 1. The Labute approximate surface area is 118 Å². The van der Waals surface area contributed by atoms with Crippen LogP contribution in [0.4, 0.5) is 0 Å². The molecule has 1 N–H and O–H groups in total. The first-order valence-electron chi connectivity index (χ1n) is 6.67. The fraction of sp³-hybridized carbons (Fsp3) is 0.400. The number of rotatable bonds is 7. The van der Waals surface area contributed by atoms with Gasteiger partial charge in [0.15, 0.2) is 23.1 Å². The normalized spacial score (nSPS) is 10.6. The average molecular weight is 276 g/mol. The molecule has 0 spiro atoms. The molecule has 0 saturated heterocycles. The van der Waals surface area contributed by atoms with Crippen molar-refractivity contribution in [3.8, 4) is 22.8 Å². The summed E-state index contributed by atoms with van der Waals surface area (Å²) in [5.74, 6) is 2.73. The molecule has 0 aliphatic carbocycles. The predicted octanol–water partition coefficient (Wildman–Crippen LogP) is 2.51. The van der Waals surface area contributed by atoms with Crippen molar-refractivity contribution in [2.45, 2.75) is 13.3 Å². The Balaban J connectivity index is 2.23. The Bertz CT molecular complexity index is 552. The minimum atomic E-state index is 0.657. The lowest BCUT2D eigenvalue weighted by Gasteiger charge is -2.10. The van der Waals surface area contributed by atoms with Gasteiger partial charge in [-0.05, 0) is 18.7 Å². The second kappa shape index (κ2) is 6.96. The highest BCUT2D eigenvalue weighted by atomic mass is 16.5. The minimum absolute atomic E-state index is 0.657. The summed E-state index contributed by atoms with van der Waals surface area (Å²) in [7, 11) is 3.23. The maximum Gasteiger partial charge on any atom is 0.196 e. The highest BCUT2D eigenvalue weighted by molar-refractivity contribution is 5.69. The van der Waals surface area contributed by atoms with Crippen molar-refractivity contribution in [1.82, 2.24) is 10.3 Å². The van der Waals surface area contributed by atoms with Gasteiger partial charge in [0.1, 0.15) is 0 Å². The van der Waals surface area contributed by atoms with Crippen LogP contribution in [-0.2, 0) is 6.42 Å². The van der Waals surface area contributed by atoms with Gasteiger partial charge < -0.3 is 19.2 Å². The van der Waals surface area contributed by atoms with Crippen molar-refractivity contribution in [2.75, 3.05) is 27.3 Å². The molecule has 2 aromatic rings. The van der Waals surface area contributed by atoms with Gasteiger partial charge in [-0.25, -0.2) is 4.98 Å². The van der Waals surface area contributed by atoms with Gasteiger partial charge in [-0.3, -0.25) is 0 Å². The molecule has 5 heteroatoms. The SMILES string of the molecule is CCNCCc1ncc(-c2cccc(OC)c2OC)o1. The molecule has 1 aromatic heterocycles. The monoisotopic (exact) mass is 276 g/mol. The van der Waals surface area contributed by atoms with E-state index >= 15 is 0 Å². The van der Waals surface area contributed by atoms with Gasteiger partial charge in [-0.15, -0.1) is 0 Å². The van der Waals surface area contributed by atoms with Gasteiger partial charge in [-0.1, -0.05) is 13.0 Å². The molecule has 0 unspecified atom stereocenters. The molecule has 0 atom stereocenters. The zero-order valence-corrected chi connectivity index (χ0v) is 12.1. The van der Waals surface area contributed by atoms with Crippen LogP contribution in [0.2, 0.25) is 0 Å². The molecule has 0 aliphatic rings. The predicted molar refractivity (Wildman–Crippen MR) is 77.3 cm³/mol. The second-order valence-electron chi connectivity index (χ2n) is 4.26. The number of aromatic nitrogens is 1. The standard InChI is InChI=1S/C15H20N2O3/c1-4-16-9-8-14-17-10-13(20-14)11-6-5-7-12(18-2)15(11)19-3/h5-7,10,16H,4,8-9H2,1-3H3. The van der Waals surface area contributed by atoms with Gasteiger partial charge in [0.2, 0.25) is 0 Å². The third kappa shape index (κ3) is 3.11. The van der Waals surface area contributed by atoms with Crippen LogP contribution >= 0.6 is 0 Å². The van der Waals surface area contributed by atoms with E-state index < -0.39 is 0 Å². The number of nitrogens with zero attached hydrogens (tertiary/aromatic N) is 1. The first-order chi connectivity index (χ1) is 9.80. The van der Waals surface area contributed by atoms with Crippen molar-refractivity contribution >= 4 is 0 Å². The van der Waals surface area contributed by atoms with Crippen molar-refractivity contribution in [1.29, 1.82) is 0 Å². The number of methoxy groups -OCH3 is 2. The molecule has 5 nitrogen and oxygen atoms in total. The summed E-state index contributed by atoms with van der Waals surface area (Å²) in [4.78, 5) is 4.29. The Kier molecular flexibility index (Phi) is 5.01. The summed E-state index contributed by atoms with van der Waals surface area (Å²) >= 11 is 0. The molecule has 0 bridgehead atoms. The first kappa shape index (κ1) is 14.4. The third-order valence-corrected chi connectivity index (χ3v) is 2.99. The Morgan fingerprint density at radius 1 is 1.25 bits per heavy atom. The van der Waals surface area contributed by atoms with Crippen LogP contribution in [0.1, 0.15) is 12.8 Å². The average Bonchev–Trinajstić information content (AvgIpc) is 2.95. The van der Waals surface area contributed by atoms with Crippen LogP contribution in [0.15, 0.2) is 28.8 Å². The second-order valence-corrected chi connectivity index (χ2v) is 4.26. The number of nitrogens with one attached hydrogen (secondary N) is 1. The number of para-hydroxylation sites is 1. The Morgan fingerprint density at radius 3 is 2.80 bits per heavy atom. The van der Waals surface area contributed by atoms with Crippen molar-refractivity contribution in [3.05, 3.63) is 30.3 Å². The van der Waals surface area contributed by atoms with Crippen molar-refractivity contribution < 1.29 is 13.9 Å². The number of likely N-dealkylation sites (N-methyl/N-ethyl adjacent to an activating group) is 1. The van der Waals surface area contributed by atoms with Gasteiger partial charge in [0.05, 0.1) is 26.0 Å². The lowest BCUT2D eigenvalue weighted by molar-refractivity contribution is 0.355. The quantitative estimate of drug-likeness (QED) is 0.787. The Morgan fingerprint density at radius 2 is 2.10 bits per heavy atom. The summed E-state index contributed by atoms with van der Waals surface area (Å²) in [6.45, 7) is 3.87. The molecule has 1 aromatic carbocycles. The molecule has 0 radical (unpaired) electrons. The highest BCUT2D eigenvalue weighted by Gasteiger charge is 2.15. The van der Waals surface area contributed by atoms with Crippen LogP contribution in [0.25, 0.3) is 11.3 Å². The number of hydrogen-bond donors (Lipinski definition) is 1. The molecule has 0 aliphatic heterocycles. The number of oxazole rings is 1. The topological polar surface area (TPSA) is 56.5 Å². The largest absolute Gasteiger partial charge is 0.493 e. The maximum atomic E-state index is 5.77. The van der Waals surface area contributed by atoms with E-state index in [-0.39, 0.29) is 0 Å². The van der Waals surface area contributed by atoms with Gasteiger partial charge in [0.25, 0.3) is 0 Å². The lowest BCUT2D eigenvalue weighted by Crippen LogP contribution is -2.16. The van der Waals surface area contributed by atoms with Gasteiger partial charge in [0, 0.05) is 13.0 Å². The molecular formula is C15H20N2O3. The molecule has 1 heterocycles. The molecule has 0 amide bonds. The summed E-state index contributed by atoms with van der Waals surface area (Å²) in [5.41, 5.74) is 0.842. The van der Waals surface area contributed by atoms with E-state index in [0.29, 0.717) is 23.1 Å². The van der Waals surface area contributed by atoms with E-state index in [0.717, 1.165) is 25.1 Å². The molecule has 108 valence electrons. The summed E-state index contributed by atoms with van der Waals surface area (Å²) in [5, 5.41) is 3.24. The number of hydrogen-bond acceptors (Lipinski definition) is 5. The summed E-state index contributed by atoms with van der Waals surface area (Å²) in [6, 6.07) is 5.68. The van der Waals surface area contributed by atoms with E-state index in [2.05, 4.69) is 17.2 Å². The van der Waals surface area contributed by atoms with Crippen LogP contribution in [0.5, 0.6) is 11.5 Å². The van der Waals surface area contributed by atoms with E-state index in [1.165, 1.54) is 0 Å². The van der Waals surface area contributed by atoms with Crippen LogP contribution < -0.4 is 14.8 Å². The van der Waals surface area contributed by atoms with Crippen molar-refractivity contribution in [3.63, 3.8) is 0 Å². The lowest BCUT2D eigenvalue weighted by atomic mass is 10.1. The fourth-order valence-corrected chi connectivity index (χ4v) is 2.00. The zero-order valence-electron chi connectivity index (χ0n) is 12.1. The molecule has 2 rings (SSSR count). The van der Waals surface area contributed by atoms with Crippen LogP contribution in [0.3, 0.4) is 0 Å². The molecule has 0 saturated carbocycles. The van der Waals surface area contributed by atoms with Gasteiger partial charge in [-0.2, -0.15) is 0 Å². The van der Waals surface area contributed by atoms with Crippen molar-refractivity contribution in [2.24, 2.45) is 0 Å². The van der Waals surface area contributed by atoms with E-state index in [1.807, 2.05) is 18.2 Å². The minimum Gasteiger partial charge on any atom is -0.493 e. The van der Waals surface area contributed by atoms with E-state index in [4.69, 9.17) is 13.9 Å². The summed E-state index contributed by atoms with van der Waals surface area (Å²) < 4.78 is 16.5. The van der Waals surface area contributed by atoms with E-state index in [1.54, 1.807) is 20.4 Å². The Hall–Kier alpha value is -2.01. The summed E-state index contributed by atoms with van der Waals surface area (Å²) in [6.07, 6.45) is 2.48. The third-order valence-electron chi connectivity index (χ3n) is 2.99. The highest BCUT2D eigenvalue weighted by Crippen LogP contribution is 2.37. The molecule has 0 fully saturated rings. The smallest absolute Gasteiger partial charge is 0.196 e. The fourth-order valence-electron chi connectivity index (χ4n) is 2.00. The van der Waals surface area contributed by atoms with E-state index in [9.17, 15) is 0 Å². The maximum absolute atomic E-state index is 5.77. The van der Waals surface area contributed by atoms with Gasteiger partial charge >= 0.3 is 0 Å². The van der Waals surface area contributed by atoms with Crippen LogP contribution in [-0.4, -0.2) is 32.3 Å². The van der Waals surface area contributed by atoms with Crippen LogP contribution in [0, 0.1) is 0 Å². The zero-order chi connectivity index (χ0) is 14.4. The molecular weight excluding hydrogens is 256 g/mol. The number of ether oxygens (including phenoxy) is 2. The first-order valence-corrected chi connectivity index (χ1v) is 6.67. The molecule has 20 heavy (non-hydrogen) atoms.